The molecule has 0 unspecified atom stereocenters. The minimum absolute atomic E-state index is 0.681. The largest absolute Gasteiger partial charge is 0.305 e. The molecular weight excluding hydrogens is 148 g/mol. The van der Waals surface area contributed by atoms with Crippen LogP contribution in [0.15, 0.2) is 0 Å². The van der Waals surface area contributed by atoms with Gasteiger partial charge < -0.3 is 4.90 Å². The quantitative estimate of drug-likeness (QED) is 0.601. The Balaban J connectivity index is 3.58. The number of rotatable bonds is 6. The van der Waals surface area contributed by atoms with Crippen LogP contribution in [0.1, 0.15) is 27.7 Å². The molecule has 0 saturated carbocycles. The summed E-state index contributed by atoms with van der Waals surface area (Å²) < 4.78 is 0. The van der Waals surface area contributed by atoms with Crippen LogP contribution in [0.25, 0.3) is 0 Å². The van der Waals surface area contributed by atoms with Gasteiger partial charge in [-0.2, -0.15) is 0 Å². The molecule has 0 fully saturated rings. The highest BCUT2D eigenvalue weighted by atomic mass is 15.2. The lowest BCUT2D eigenvalue weighted by molar-refractivity contribution is 0.200. The number of hydrogen-bond donors (Lipinski definition) is 0. The lowest BCUT2D eigenvalue weighted by Crippen LogP contribution is -2.37. The Labute approximate surface area is 77.5 Å². The average molecular weight is 172 g/mol. The maximum Gasteiger partial charge on any atom is 0.0112 e. The molecule has 0 rings (SSSR count). The van der Waals surface area contributed by atoms with Gasteiger partial charge in [-0.3, -0.25) is 4.90 Å². The zero-order chi connectivity index (χ0) is 9.56. The summed E-state index contributed by atoms with van der Waals surface area (Å²) in [6.45, 7) is 13.6. The fraction of sp³-hybridized carbons (Fsp3) is 1.00. The minimum Gasteiger partial charge on any atom is -0.305 e. The third kappa shape index (κ3) is 4.73. The van der Waals surface area contributed by atoms with E-state index in [1.54, 1.807) is 0 Å². The average Bonchev–Trinajstić information content (AvgIpc) is 2.04. The monoisotopic (exact) mass is 172 g/mol. The van der Waals surface area contributed by atoms with Crippen LogP contribution in [0, 0.1) is 0 Å². The Morgan fingerprint density at radius 2 is 1.58 bits per heavy atom. The summed E-state index contributed by atoms with van der Waals surface area (Å²) in [7, 11) is 2.17. The molecule has 0 radical (unpaired) electrons. The van der Waals surface area contributed by atoms with Crippen molar-refractivity contribution in [2.75, 3.05) is 33.2 Å². The molecule has 0 aliphatic carbocycles. The van der Waals surface area contributed by atoms with Crippen molar-refractivity contribution in [3.63, 3.8) is 0 Å². The second-order valence-electron chi connectivity index (χ2n) is 3.62. The predicted octanol–water partition coefficient (Wildman–Crippen LogP) is 1.67. The molecular formula is C10H24N2. The molecule has 0 amide bonds. The van der Waals surface area contributed by atoms with Crippen LogP contribution in [0.4, 0.5) is 0 Å². The van der Waals surface area contributed by atoms with Crippen LogP contribution >= 0.6 is 0 Å². The van der Waals surface area contributed by atoms with Crippen molar-refractivity contribution in [1.29, 1.82) is 0 Å². The molecule has 0 heterocycles. The summed E-state index contributed by atoms with van der Waals surface area (Å²) in [6.07, 6.45) is 0. The van der Waals surface area contributed by atoms with Crippen molar-refractivity contribution in [2.45, 2.75) is 33.7 Å². The third-order valence-electron chi connectivity index (χ3n) is 2.45. The van der Waals surface area contributed by atoms with Gasteiger partial charge in [0.05, 0.1) is 0 Å². The van der Waals surface area contributed by atoms with E-state index < -0.39 is 0 Å². The smallest absolute Gasteiger partial charge is 0.0112 e. The number of likely N-dealkylation sites (N-methyl/N-ethyl adjacent to an activating group) is 2. The van der Waals surface area contributed by atoms with Crippen molar-refractivity contribution >= 4 is 0 Å². The Kier molecular flexibility index (Phi) is 6.39. The highest BCUT2D eigenvalue weighted by Gasteiger charge is 2.06. The van der Waals surface area contributed by atoms with Gasteiger partial charge in [-0.05, 0) is 34.0 Å². The van der Waals surface area contributed by atoms with E-state index in [2.05, 4.69) is 44.5 Å². The molecule has 74 valence electrons. The molecule has 0 bridgehead atoms. The summed E-state index contributed by atoms with van der Waals surface area (Å²) in [5.74, 6) is 0. The molecule has 0 aliphatic heterocycles. The van der Waals surface area contributed by atoms with E-state index in [0.29, 0.717) is 6.04 Å². The van der Waals surface area contributed by atoms with Gasteiger partial charge in [0, 0.05) is 19.1 Å². The van der Waals surface area contributed by atoms with Crippen molar-refractivity contribution < 1.29 is 0 Å². The molecule has 0 aromatic rings. The van der Waals surface area contributed by atoms with E-state index in [4.69, 9.17) is 0 Å². The Hall–Kier alpha value is -0.0800. The molecule has 2 heteroatoms. The summed E-state index contributed by atoms with van der Waals surface area (Å²) in [5, 5.41) is 0. The van der Waals surface area contributed by atoms with Gasteiger partial charge in [-0.1, -0.05) is 13.8 Å². The predicted molar refractivity (Wildman–Crippen MR) is 55.6 cm³/mol. The SMILES string of the molecule is CCN(C)CCN(CC)C(C)C. The highest BCUT2D eigenvalue weighted by molar-refractivity contribution is 4.62. The molecule has 2 nitrogen and oxygen atoms in total. The molecule has 0 saturated heterocycles. The van der Waals surface area contributed by atoms with E-state index in [1.807, 2.05) is 0 Å². The third-order valence-corrected chi connectivity index (χ3v) is 2.45. The molecule has 12 heavy (non-hydrogen) atoms. The van der Waals surface area contributed by atoms with Crippen LogP contribution in [-0.2, 0) is 0 Å². The number of hydrogen-bond acceptors (Lipinski definition) is 2. The van der Waals surface area contributed by atoms with E-state index >= 15 is 0 Å². The zero-order valence-corrected chi connectivity index (χ0v) is 9.30. The maximum atomic E-state index is 2.49. The first kappa shape index (κ1) is 11.9. The molecule has 0 aromatic carbocycles. The van der Waals surface area contributed by atoms with Gasteiger partial charge in [0.15, 0.2) is 0 Å². The van der Waals surface area contributed by atoms with Crippen molar-refractivity contribution in [2.24, 2.45) is 0 Å². The molecule has 0 aliphatic rings. The van der Waals surface area contributed by atoms with E-state index in [-0.39, 0.29) is 0 Å². The normalized spacial score (nSPS) is 12.0. The lowest BCUT2D eigenvalue weighted by atomic mass is 10.3. The fourth-order valence-electron chi connectivity index (χ4n) is 1.24. The topological polar surface area (TPSA) is 6.48 Å². The van der Waals surface area contributed by atoms with Gasteiger partial charge in [-0.25, -0.2) is 0 Å². The molecule has 0 atom stereocenters. The minimum atomic E-state index is 0.681. The van der Waals surface area contributed by atoms with Crippen molar-refractivity contribution in [3.05, 3.63) is 0 Å². The summed E-state index contributed by atoms with van der Waals surface area (Å²) >= 11 is 0. The maximum absolute atomic E-state index is 2.49. The van der Waals surface area contributed by atoms with Crippen molar-refractivity contribution in [1.82, 2.24) is 9.80 Å². The van der Waals surface area contributed by atoms with Gasteiger partial charge in [0.25, 0.3) is 0 Å². The lowest BCUT2D eigenvalue weighted by Gasteiger charge is -2.26. The zero-order valence-electron chi connectivity index (χ0n) is 9.30. The second-order valence-corrected chi connectivity index (χ2v) is 3.62. The van der Waals surface area contributed by atoms with Crippen LogP contribution in [0.5, 0.6) is 0 Å². The van der Waals surface area contributed by atoms with Gasteiger partial charge in [0.2, 0.25) is 0 Å². The molecule has 0 aromatic heterocycles. The first-order valence-corrected chi connectivity index (χ1v) is 5.04. The second kappa shape index (κ2) is 6.44. The van der Waals surface area contributed by atoms with Gasteiger partial charge in [0.1, 0.15) is 0 Å². The van der Waals surface area contributed by atoms with E-state index in [1.165, 1.54) is 13.1 Å². The fourth-order valence-corrected chi connectivity index (χ4v) is 1.24. The standard InChI is InChI=1S/C10H24N2/c1-6-11(5)8-9-12(7-2)10(3)4/h10H,6-9H2,1-5H3. The number of nitrogens with zero attached hydrogens (tertiary/aromatic N) is 2. The Morgan fingerprint density at radius 1 is 1.00 bits per heavy atom. The van der Waals surface area contributed by atoms with Crippen LogP contribution in [0.2, 0.25) is 0 Å². The summed E-state index contributed by atoms with van der Waals surface area (Å²) in [4.78, 5) is 4.84. The summed E-state index contributed by atoms with van der Waals surface area (Å²) in [6, 6.07) is 0.681. The molecule has 0 N–H and O–H groups in total. The first-order chi connectivity index (χ1) is 5.61. The Bertz CT molecular complexity index is 102. The van der Waals surface area contributed by atoms with E-state index in [9.17, 15) is 0 Å². The summed E-state index contributed by atoms with van der Waals surface area (Å²) in [5.41, 5.74) is 0. The van der Waals surface area contributed by atoms with Crippen LogP contribution < -0.4 is 0 Å². The van der Waals surface area contributed by atoms with E-state index in [0.717, 1.165) is 13.1 Å². The van der Waals surface area contributed by atoms with Gasteiger partial charge >= 0.3 is 0 Å². The highest BCUT2D eigenvalue weighted by Crippen LogP contribution is 1.96. The first-order valence-electron chi connectivity index (χ1n) is 5.04. The van der Waals surface area contributed by atoms with Crippen LogP contribution in [-0.4, -0.2) is 49.1 Å². The van der Waals surface area contributed by atoms with Gasteiger partial charge in [-0.15, -0.1) is 0 Å². The Morgan fingerprint density at radius 3 is 1.92 bits per heavy atom. The van der Waals surface area contributed by atoms with Crippen LogP contribution in [0.3, 0.4) is 0 Å². The van der Waals surface area contributed by atoms with Crippen molar-refractivity contribution in [3.8, 4) is 0 Å². The molecule has 0 spiro atoms.